The number of fused-ring (bicyclic) bond motifs is 1. The molecule has 84 valence electrons. The highest BCUT2D eigenvalue weighted by Gasteiger charge is 2.19. The van der Waals surface area contributed by atoms with Gasteiger partial charge in [-0.1, -0.05) is 41.4 Å². The van der Waals surface area contributed by atoms with Crippen LogP contribution in [-0.4, -0.2) is 11.5 Å². The molecule has 0 saturated heterocycles. The van der Waals surface area contributed by atoms with Gasteiger partial charge in [-0.25, -0.2) is 4.99 Å². The largest absolute Gasteiger partial charge is 0.292 e. The molecule has 0 atom stereocenters. The number of benzene rings is 1. The van der Waals surface area contributed by atoms with E-state index in [4.69, 9.17) is 0 Å². The van der Waals surface area contributed by atoms with Gasteiger partial charge in [0.25, 0.3) is 0 Å². The van der Waals surface area contributed by atoms with Crippen LogP contribution in [0.15, 0.2) is 23.2 Å². The van der Waals surface area contributed by atoms with E-state index in [0.717, 1.165) is 35.1 Å². The topological polar surface area (TPSA) is 29.4 Å². The highest BCUT2D eigenvalue weighted by Crippen LogP contribution is 2.27. The van der Waals surface area contributed by atoms with Crippen molar-refractivity contribution in [3.8, 4) is 0 Å². The SMILES string of the molecule is CCCC1=Nc2ccc(CBr)cc2CC1=O. The zero-order valence-corrected chi connectivity index (χ0v) is 10.9. The number of carbonyl (C=O) groups is 1. The monoisotopic (exact) mass is 279 g/mol. The van der Waals surface area contributed by atoms with Gasteiger partial charge >= 0.3 is 0 Å². The molecular formula is C13H14BrNO. The van der Waals surface area contributed by atoms with Crippen molar-refractivity contribution in [3.05, 3.63) is 29.3 Å². The maximum atomic E-state index is 11.8. The molecule has 1 aliphatic heterocycles. The molecule has 0 unspecified atom stereocenters. The Labute approximate surface area is 104 Å². The molecule has 0 bridgehead atoms. The van der Waals surface area contributed by atoms with Gasteiger partial charge in [0.1, 0.15) is 0 Å². The summed E-state index contributed by atoms with van der Waals surface area (Å²) in [5, 5.41) is 0.819. The van der Waals surface area contributed by atoms with Crippen molar-refractivity contribution in [2.45, 2.75) is 31.5 Å². The van der Waals surface area contributed by atoms with E-state index >= 15 is 0 Å². The zero-order valence-electron chi connectivity index (χ0n) is 9.29. The third-order valence-electron chi connectivity index (χ3n) is 2.71. The van der Waals surface area contributed by atoms with Gasteiger partial charge in [-0.05, 0) is 23.6 Å². The van der Waals surface area contributed by atoms with Crippen LogP contribution in [0.4, 0.5) is 5.69 Å². The molecule has 0 radical (unpaired) electrons. The second kappa shape index (κ2) is 4.91. The van der Waals surface area contributed by atoms with Crippen molar-refractivity contribution in [1.82, 2.24) is 0 Å². The van der Waals surface area contributed by atoms with E-state index in [2.05, 4.69) is 40.0 Å². The fourth-order valence-electron chi connectivity index (χ4n) is 1.89. The van der Waals surface area contributed by atoms with Gasteiger partial charge in [0.2, 0.25) is 0 Å². The molecule has 2 nitrogen and oxygen atoms in total. The maximum Gasteiger partial charge on any atom is 0.181 e. The first-order chi connectivity index (χ1) is 7.74. The van der Waals surface area contributed by atoms with E-state index in [-0.39, 0.29) is 5.78 Å². The number of Topliss-reactive ketones (excluding diaryl/α,β-unsaturated/α-hetero) is 1. The quantitative estimate of drug-likeness (QED) is 0.778. The molecule has 0 spiro atoms. The Morgan fingerprint density at radius 2 is 2.25 bits per heavy atom. The van der Waals surface area contributed by atoms with Crippen LogP contribution in [0.3, 0.4) is 0 Å². The summed E-state index contributed by atoms with van der Waals surface area (Å²) in [5.74, 6) is 0.182. The number of hydrogen-bond donors (Lipinski definition) is 0. The van der Waals surface area contributed by atoms with E-state index in [0.29, 0.717) is 6.42 Å². The number of nitrogens with zero attached hydrogens (tertiary/aromatic N) is 1. The van der Waals surface area contributed by atoms with Crippen LogP contribution in [0.1, 0.15) is 30.9 Å². The van der Waals surface area contributed by atoms with Crippen molar-refractivity contribution in [2.24, 2.45) is 4.99 Å². The Balaban J connectivity index is 2.37. The van der Waals surface area contributed by atoms with E-state index in [1.54, 1.807) is 0 Å². The van der Waals surface area contributed by atoms with Crippen LogP contribution in [-0.2, 0) is 16.5 Å². The standard InChI is InChI=1S/C13H14BrNO/c1-2-3-12-13(16)7-10-6-9(8-14)4-5-11(10)15-12/h4-6H,2-3,7-8H2,1H3. The number of alkyl halides is 1. The molecule has 1 aromatic rings. The van der Waals surface area contributed by atoms with Crippen LogP contribution < -0.4 is 0 Å². The van der Waals surface area contributed by atoms with Crippen LogP contribution in [0.2, 0.25) is 0 Å². The van der Waals surface area contributed by atoms with E-state index in [1.165, 1.54) is 5.56 Å². The Morgan fingerprint density at radius 3 is 2.94 bits per heavy atom. The predicted octanol–water partition coefficient (Wildman–Crippen LogP) is 3.58. The third kappa shape index (κ3) is 2.24. The van der Waals surface area contributed by atoms with Crippen LogP contribution in [0, 0.1) is 0 Å². The molecular weight excluding hydrogens is 266 g/mol. The average Bonchev–Trinajstić information content (AvgIpc) is 2.30. The number of hydrogen-bond acceptors (Lipinski definition) is 2. The Hall–Kier alpha value is -0.960. The summed E-state index contributed by atoms with van der Waals surface area (Å²) in [6.45, 7) is 2.07. The van der Waals surface area contributed by atoms with Gasteiger partial charge in [0.15, 0.2) is 5.78 Å². The second-order valence-electron chi connectivity index (χ2n) is 4.01. The van der Waals surface area contributed by atoms with Crippen molar-refractivity contribution in [3.63, 3.8) is 0 Å². The molecule has 2 rings (SSSR count). The summed E-state index contributed by atoms with van der Waals surface area (Å²) in [5.41, 5.74) is 3.96. The summed E-state index contributed by atoms with van der Waals surface area (Å²) in [6, 6.07) is 6.12. The van der Waals surface area contributed by atoms with Gasteiger partial charge in [0.05, 0.1) is 11.4 Å². The van der Waals surface area contributed by atoms with Gasteiger partial charge < -0.3 is 0 Å². The highest BCUT2D eigenvalue weighted by atomic mass is 79.9. The zero-order chi connectivity index (χ0) is 11.5. The summed E-state index contributed by atoms with van der Waals surface area (Å²) in [7, 11) is 0. The minimum absolute atomic E-state index is 0.182. The lowest BCUT2D eigenvalue weighted by atomic mass is 9.97. The molecule has 16 heavy (non-hydrogen) atoms. The van der Waals surface area contributed by atoms with E-state index in [9.17, 15) is 4.79 Å². The molecule has 3 heteroatoms. The lowest BCUT2D eigenvalue weighted by Crippen LogP contribution is -2.19. The van der Waals surface area contributed by atoms with Gasteiger partial charge in [0, 0.05) is 11.8 Å². The average molecular weight is 280 g/mol. The Bertz CT molecular complexity index is 451. The van der Waals surface area contributed by atoms with Gasteiger partial charge in [-0.15, -0.1) is 0 Å². The van der Waals surface area contributed by atoms with Crippen molar-refractivity contribution in [1.29, 1.82) is 0 Å². The summed E-state index contributed by atoms with van der Waals surface area (Å²) in [6.07, 6.45) is 2.27. The predicted molar refractivity (Wildman–Crippen MR) is 69.8 cm³/mol. The molecule has 0 aliphatic carbocycles. The first-order valence-corrected chi connectivity index (χ1v) is 6.65. The molecule has 0 aromatic heterocycles. The van der Waals surface area contributed by atoms with Crippen molar-refractivity contribution >= 4 is 33.1 Å². The molecule has 1 heterocycles. The summed E-state index contributed by atoms with van der Waals surface area (Å²) in [4.78, 5) is 16.2. The Kier molecular flexibility index (Phi) is 3.54. The normalized spacial score (nSPS) is 14.6. The van der Waals surface area contributed by atoms with Crippen LogP contribution >= 0.6 is 15.9 Å². The fraction of sp³-hybridized carbons (Fsp3) is 0.385. The molecule has 0 saturated carbocycles. The summed E-state index contributed by atoms with van der Waals surface area (Å²) < 4.78 is 0. The summed E-state index contributed by atoms with van der Waals surface area (Å²) >= 11 is 3.42. The van der Waals surface area contributed by atoms with Gasteiger partial charge in [-0.3, -0.25) is 4.79 Å². The number of rotatable bonds is 3. The number of halogens is 1. The highest BCUT2D eigenvalue weighted by molar-refractivity contribution is 9.08. The number of aliphatic imine (C=N–C) groups is 1. The van der Waals surface area contributed by atoms with Crippen LogP contribution in [0.5, 0.6) is 0 Å². The van der Waals surface area contributed by atoms with E-state index < -0.39 is 0 Å². The third-order valence-corrected chi connectivity index (χ3v) is 3.36. The lowest BCUT2D eigenvalue weighted by molar-refractivity contribution is -0.112. The lowest BCUT2D eigenvalue weighted by Gasteiger charge is -2.14. The minimum atomic E-state index is 0.182. The first-order valence-electron chi connectivity index (χ1n) is 5.53. The van der Waals surface area contributed by atoms with E-state index in [1.807, 2.05) is 6.07 Å². The van der Waals surface area contributed by atoms with Crippen molar-refractivity contribution < 1.29 is 4.79 Å². The smallest absolute Gasteiger partial charge is 0.181 e. The first kappa shape index (κ1) is 11.5. The van der Waals surface area contributed by atoms with Crippen LogP contribution in [0.25, 0.3) is 0 Å². The molecule has 1 aromatic carbocycles. The molecule has 1 aliphatic rings. The molecule has 0 amide bonds. The fourth-order valence-corrected chi connectivity index (χ4v) is 2.24. The molecule has 0 fully saturated rings. The number of carbonyl (C=O) groups excluding carboxylic acids is 1. The molecule has 0 N–H and O–H groups in total. The second-order valence-corrected chi connectivity index (χ2v) is 4.57. The maximum absolute atomic E-state index is 11.8. The minimum Gasteiger partial charge on any atom is -0.292 e. The Morgan fingerprint density at radius 1 is 1.44 bits per heavy atom. The van der Waals surface area contributed by atoms with Crippen molar-refractivity contribution in [2.75, 3.05) is 0 Å². The van der Waals surface area contributed by atoms with Gasteiger partial charge in [-0.2, -0.15) is 0 Å². The number of ketones is 1.